The van der Waals surface area contributed by atoms with E-state index in [4.69, 9.17) is 10.5 Å². The summed E-state index contributed by atoms with van der Waals surface area (Å²) < 4.78 is 18.4. The van der Waals surface area contributed by atoms with Crippen LogP contribution in [0.1, 0.15) is 25.0 Å². The predicted molar refractivity (Wildman–Crippen MR) is 54.9 cm³/mol. The third-order valence-electron chi connectivity index (χ3n) is 2.18. The Kier molecular flexibility index (Phi) is 2.81. The van der Waals surface area contributed by atoms with Gasteiger partial charge in [0.15, 0.2) is 11.6 Å². The molecule has 1 rings (SSSR count). The molecule has 0 bridgehead atoms. The Labute approximate surface area is 83.9 Å². The Morgan fingerprint density at radius 2 is 1.93 bits per heavy atom. The van der Waals surface area contributed by atoms with Gasteiger partial charge in [0.1, 0.15) is 0 Å². The van der Waals surface area contributed by atoms with E-state index in [1.54, 1.807) is 6.92 Å². The summed E-state index contributed by atoms with van der Waals surface area (Å²) in [5.74, 6) is -0.0703. The largest absolute Gasteiger partial charge is 0.493 e. The predicted octanol–water partition coefficient (Wildman–Crippen LogP) is 2.34. The molecule has 0 radical (unpaired) electrons. The maximum atomic E-state index is 13.5. The van der Waals surface area contributed by atoms with E-state index in [2.05, 4.69) is 0 Å². The van der Waals surface area contributed by atoms with E-state index in [0.29, 0.717) is 0 Å². The first-order valence-corrected chi connectivity index (χ1v) is 4.49. The van der Waals surface area contributed by atoms with Gasteiger partial charge in [0, 0.05) is 5.54 Å². The highest BCUT2D eigenvalue weighted by molar-refractivity contribution is 5.39. The normalized spacial score (nSPS) is 11.6. The Bertz CT molecular complexity index is 319. The summed E-state index contributed by atoms with van der Waals surface area (Å²) in [6.45, 7) is 5.48. The Balaban J connectivity index is 3.28. The lowest BCUT2D eigenvalue weighted by Crippen LogP contribution is -2.28. The number of ether oxygens (including phenoxy) is 1. The van der Waals surface area contributed by atoms with Crippen LogP contribution in [0, 0.1) is 12.7 Å². The quantitative estimate of drug-likeness (QED) is 0.789. The van der Waals surface area contributed by atoms with Crippen LogP contribution in [0.25, 0.3) is 0 Å². The summed E-state index contributed by atoms with van der Waals surface area (Å²) in [6.07, 6.45) is 0. The molecule has 0 saturated heterocycles. The summed E-state index contributed by atoms with van der Waals surface area (Å²) in [4.78, 5) is 0. The Morgan fingerprint density at radius 3 is 2.29 bits per heavy atom. The van der Waals surface area contributed by atoms with Gasteiger partial charge in [-0.25, -0.2) is 4.39 Å². The molecule has 0 unspecified atom stereocenters. The molecule has 2 nitrogen and oxygen atoms in total. The van der Waals surface area contributed by atoms with Crippen LogP contribution < -0.4 is 10.5 Å². The van der Waals surface area contributed by atoms with E-state index in [9.17, 15) is 4.39 Å². The number of benzene rings is 1. The molecule has 0 spiro atoms. The number of hydrogen-bond acceptors (Lipinski definition) is 2. The van der Waals surface area contributed by atoms with E-state index >= 15 is 0 Å². The van der Waals surface area contributed by atoms with E-state index in [-0.39, 0.29) is 11.6 Å². The second kappa shape index (κ2) is 3.58. The molecule has 0 atom stereocenters. The van der Waals surface area contributed by atoms with Gasteiger partial charge in [-0.1, -0.05) is 6.07 Å². The molecule has 0 aromatic heterocycles. The van der Waals surface area contributed by atoms with Gasteiger partial charge in [-0.15, -0.1) is 0 Å². The molecule has 0 fully saturated rings. The number of nitrogens with two attached hydrogens (primary N) is 1. The van der Waals surface area contributed by atoms with E-state index in [1.165, 1.54) is 13.2 Å². The van der Waals surface area contributed by atoms with Crippen molar-refractivity contribution < 1.29 is 9.13 Å². The molecule has 0 aliphatic rings. The van der Waals surface area contributed by atoms with Crippen molar-refractivity contribution in [3.05, 3.63) is 29.1 Å². The fourth-order valence-corrected chi connectivity index (χ4v) is 1.36. The van der Waals surface area contributed by atoms with Gasteiger partial charge in [-0.3, -0.25) is 0 Å². The number of halogens is 1. The zero-order chi connectivity index (χ0) is 10.9. The molecule has 0 aliphatic heterocycles. The fraction of sp³-hybridized carbons (Fsp3) is 0.455. The van der Waals surface area contributed by atoms with Crippen molar-refractivity contribution in [3.8, 4) is 5.75 Å². The number of aryl methyl sites for hydroxylation is 1. The molecular formula is C11H16FNO. The monoisotopic (exact) mass is 197 g/mol. The van der Waals surface area contributed by atoms with Gasteiger partial charge in [-0.2, -0.15) is 0 Å². The molecule has 1 aromatic carbocycles. The smallest absolute Gasteiger partial charge is 0.165 e. The second-order valence-electron chi connectivity index (χ2n) is 4.03. The van der Waals surface area contributed by atoms with E-state index in [1.807, 2.05) is 19.9 Å². The van der Waals surface area contributed by atoms with Crippen LogP contribution in [0.15, 0.2) is 12.1 Å². The van der Waals surface area contributed by atoms with Crippen LogP contribution in [0.3, 0.4) is 0 Å². The van der Waals surface area contributed by atoms with Crippen LogP contribution in [-0.4, -0.2) is 7.11 Å². The van der Waals surface area contributed by atoms with Crippen LogP contribution in [0.5, 0.6) is 5.75 Å². The first kappa shape index (κ1) is 11.0. The minimum atomic E-state index is -0.530. The van der Waals surface area contributed by atoms with Gasteiger partial charge in [0.25, 0.3) is 0 Å². The molecular weight excluding hydrogens is 181 g/mol. The first-order valence-electron chi connectivity index (χ1n) is 4.49. The highest BCUT2D eigenvalue weighted by atomic mass is 19.1. The van der Waals surface area contributed by atoms with Gasteiger partial charge < -0.3 is 10.5 Å². The van der Waals surface area contributed by atoms with Crippen molar-refractivity contribution in [2.24, 2.45) is 5.73 Å². The SMILES string of the molecule is COc1c(C)cc(C(C)(C)N)cc1F. The average Bonchev–Trinajstić information content (AvgIpc) is 2.01. The molecule has 78 valence electrons. The van der Waals surface area contributed by atoms with Gasteiger partial charge in [-0.05, 0) is 38.0 Å². The molecule has 1 aromatic rings. The first-order chi connectivity index (χ1) is 6.36. The topological polar surface area (TPSA) is 35.2 Å². The minimum Gasteiger partial charge on any atom is -0.493 e. The Morgan fingerprint density at radius 1 is 1.36 bits per heavy atom. The highest BCUT2D eigenvalue weighted by Gasteiger charge is 2.18. The van der Waals surface area contributed by atoms with Crippen molar-refractivity contribution in [2.45, 2.75) is 26.3 Å². The van der Waals surface area contributed by atoms with Gasteiger partial charge >= 0.3 is 0 Å². The summed E-state index contributed by atoms with van der Waals surface area (Å²) in [7, 11) is 1.46. The summed E-state index contributed by atoms with van der Waals surface area (Å²) >= 11 is 0. The molecule has 2 N–H and O–H groups in total. The van der Waals surface area contributed by atoms with Crippen molar-refractivity contribution in [1.82, 2.24) is 0 Å². The lowest BCUT2D eigenvalue weighted by atomic mass is 9.94. The minimum absolute atomic E-state index is 0.290. The third kappa shape index (κ3) is 2.04. The highest BCUT2D eigenvalue weighted by Crippen LogP contribution is 2.27. The molecule has 14 heavy (non-hydrogen) atoms. The van der Waals surface area contributed by atoms with Gasteiger partial charge in [0.05, 0.1) is 7.11 Å². The zero-order valence-electron chi connectivity index (χ0n) is 9.02. The Hall–Kier alpha value is -1.09. The van der Waals surface area contributed by atoms with Crippen molar-refractivity contribution in [3.63, 3.8) is 0 Å². The van der Waals surface area contributed by atoms with Crippen LogP contribution in [0.4, 0.5) is 4.39 Å². The lowest BCUT2D eigenvalue weighted by Gasteiger charge is -2.20. The zero-order valence-corrected chi connectivity index (χ0v) is 9.02. The second-order valence-corrected chi connectivity index (χ2v) is 4.03. The van der Waals surface area contributed by atoms with Crippen LogP contribution in [-0.2, 0) is 5.54 Å². The van der Waals surface area contributed by atoms with Crippen LogP contribution in [0.2, 0.25) is 0 Å². The standard InChI is InChI=1S/C11H16FNO/c1-7-5-8(11(2,3)13)6-9(12)10(7)14-4/h5-6H,13H2,1-4H3. The van der Waals surface area contributed by atoms with E-state index in [0.717, 1.165) is 11.1 Å². The van der Waals surface area contributed by atoms with E-state index < -0.39 is 5.54 Å². The fourth-order valence-electron chi connectivity index (χ4n) is 1.36. The van der Waals surface area contributed by atoms with Gasteiger partial charge in [0.2, 0.25) is 0 Å². The number of methoxy groups -OCH3 is 1. The van der Waals surface area contributed by atoms with Crippen LogP contribution >= 0.6 is 0 Å². The molecule has 3 heteroatoms. The molecule has 0 heterocycles. The molecule has 0 aliphatic carbocycles. The third-order valence-corrected chi connectivity index (χ3v) is 2.18. The number of hydrogen-bond donors (Lipinski definition) is 1. The van der Waals surface area contributed by atoms with Crippen molar-refractivity contribution in [2.75, 3.05) is 7.11 Å². The van der Waals surface area contributed by atoms with Crippen molar-refractivity contribution >= 4 is 0 Å². The molecule has 0 saturated carbocycles. The average molecular weight is 197 g/mol. The maximum Gasteiger partial charge on any atom is 0.165 e. The summed E-state index contributed by atoms with van der Waals surface area (Å²) in [5, 5.41) is 0. The maximum absolute atomic E-state index is 13.5. The van der Waals surface area contributed by atoms with Crippen molar-refractivity contribution in [1.29, 1.82) is 0 Å². The molecule has 0 amide bonds. The number of rotatable bonds is 2. The summed E-state index contributed by atoms with van der Waals surface area (Å²) in [6, 6.07) is 3.27. The lowest BCUT2D eigenvalue weighted by molar-refractivity contribution is 0.381. The summed E-state index contributed by atoms with van der Waals surface area (Å²) in [5.41, 5.74) is 6.89.